The molecule has 4 nitrogen and oxygen atoms in total. The summed E-state index contributed by atoms with van der Waals surface area (Å²) in [5.74, 6) is 0.340. The third kappa shape index (κ3) is 5.61. The lowest BCUT2D eigenvalue weighted by molar-refractivity contribution is -0.109. The number of carbonyl (C=O) groups excluding carboxylic acids is 2. The van der Waals surface area contributed by atoms with Crippen LogP contribution in [0.4, 0.5) is 5.69 Å². The van der Waals surface area contributed by atoms with Crippen molar-refractivity contribution in [2.45, 2.75) is 13.3 Å². The van der Waals surface area contributed by atoms with Crippen molar-refractivity contribution in [2.24, 2.45) is 0 Å². The molecule has 0 amide bonds. The topological polar surface area (TPSA) is 69.4 Å². The van der Waals surface area contributed by atoms with Crippen LogP contribution >= 0.6 is 11.8 Å². The van der Waals surface area contributed by atoms with Crippen molar-refractivity contribution in [3.8, 4) is 0 Å². The number of esters is 1. The first-order valence-electron chi connectivity index (χ1n) is 5.81. The number of benzene rings is 1. The average molecular weight is 279 g/mol. The minimum atomic E-state index is -0.408. The highest BCUT2D eigenvalue weighted by Crippen LogP contribution is 2.15. The molecule has 0 radical (unpaired) electrons. The van der Waals surface area contributed by atoms with Crippen LogP contribution in [0.2, 0.25) is 0 Å². The van der Waals surface area contributed by atoms with E-state index in [1.165, 1.54) is 18.9 Å². The van der Waals surface area contributed by atoms with E-state index in [0.717, 1.165) is 17.7 Å². The molecule has 0 aromatic heterocycles. The quantitative estimate of drug-likeness (QED) is 0.510. The number of ether oxygens (including phenoxy) is 1. The second-order valence-electron chi connectivity index (χ2n) is 3.91. The highest BCUT2D eigenvalue weighted by atomic mass is 32.2. The Balaban J connectivity index is 2.67. The Labute approximate surface area is 117 Å². The largest absolute Gasteiger partial charge is 0.465 e. The molecule has 1 aromatic rings. The number of allylic oxidation sites excluding steroid dienone is 1. The van der Waals surface area contributed by atoms with Crippen LogP contribution in [-0.2, 0) is 9.53 Å². The van der Waals surface area contributed by atoms with Gasteiger partial charge in [-0.1, -0.05) is 23.9 Å². The van der Waals surface area contributed by atoms with Crippen LogP contribution in [0.3, 0.4) is 0 Å². The van der Waals surface area contributed by atoms with E-state index in [0.29, 0.717) is 11.3 Å². The van der Waals surface area contributed by atoms with E-state index in [2.05, 4.69) is 4.74 Å². The van der Waals surface area contributed by atoms with E-state index in [-0.39, 0.29) is 5.12 Å². The maximum Gasteiger partial charge on any atom is 0.337 e. The molecule has 0 atom stereocenters. The van der Waals surface area contributed by atoms with Gasteiger partial charge in [-0.25, -0.2) is 4.79 Å². The fourth-order valence-electron chi connectivity index (χ4n) is 1.50. The zero-order chi connectivity index (χ0) is 14.3. The first-order valence-corrected chi connectivity index (χ1v) is 6.80. The van der Waals surface area contributed by atoms with Crippen LogP contribution in [-0.4, -0.2) is 23.9 Å². The number of nitrogen functional groups attached to an aromatic ring is 1. The standard InChI is InChI=1S/C14H17NO3S/c1-10(16)19-6-4-3-5-11-7-12(14(17)18-2)9-13(15)8-11/h3,5,7-9H,4,6,15H2,1-2H3. The second kappa shape index (κ2) is 7.63. The molecule has 0 unspecified atom stereocenters. The minimum Gasteiger partial charge on any atom is -0.465 e. The Bertz CT molecular complexity index is 497. The molecule has 0 aliphatic rings. The summed E-state index contributed by atoms with van der Waals surface area (Å²) in [5.41, 5.74) is 7.52. The number of anilines is 1. The van der Waals surface area contributed by atoms with Gasteiger partial charge in [0.05, 0.1) is 12.7 Å². The van der Waals surface area contributed by atoms with Crippen LogP contribution in [0.1, 0.15) is 29.3 Å². The average Bonchev–Trinajstić information content (AvgIpc) is 2.36. The van der Waals surface area contributed by atoms with Crippen LogP contribution in [0.5, 0.6) is 0 Å². The highest BCUT2D eigenvalue weighted by molar-refractivity contribution is 8.13. The lowest BCUT2D eigenvalue weighted by Crippen LogP contribution is -2.02. The maximum absolute atomic E-state index is 11.4. The monoisotopic (exact) mass is 279 g/mol. The second-order valence-corrected chi connectivity index (χ2v) is 5.18. The summed E-state index contributed by atoms with van der Waals surface area (Å²) in [5, 5.41) is 0.116. The van der Waals surface area contributed by atoms with Crippen LogP contribution in [0, 0.1) is 0 Å². The first kappa shape index (κ1) is 15.3. The van der Waals surface area contributed by atoms with Crippen molar-refractivity contribution in [3.05, 3.63) is 35.4 Å². The van der Waals surface area contributed by atoms with Crippen molar-refractivity contribution in [2.75, 3.05) is 18.6 Å². The van der Waals surface area contributed by atoms with E-state index in [4.69, 9.17) is 5.73 Å². The van der Waals surface area contributed by atoms with E-state index >= 15 is 0 Å². The van der Waals surface area contributed by atoms with Crippen molar-refractivity contribution in [1.82, 2.24) is 0 Å². The molecule has 0 heterocycles. The fraction of sp³-hybridized carbons (Fsp3) is 0.286. The van der Waals surface area contributed by atoms with Gasteiger partial charge in [0.15, 0.2) is 5.12 Å². The van der Waals surface area contributed by atoms with Gasteiger partial charge < -0.3 is 10.5 Å². The Morgan fingerprint density at radius 3 is 2.74 bits per heavy atom. The molecule has 0 aliphatic heterocycles. The van der Waals surface area contributed by atoms with Crippen LogP contribution < -0.4 is 5.73 Å². The molecule has 0 aliphatic carbocycles. The number of hydrogen-bond donors (Lipinski definition) is 1. The Kier molecular flexibility index (Phi) is 6.15. The summed E-state index contributed by atoms with van der Waals surface area (Å²) >= 11 is 1.29. The lowest BCUT2D eigenvalue weighted by atomic mass is 10.1. The van der Waals surface area contributed by atoms with Crippen molar-refractivity contribution >= 4 is 34.6 Å². The molecule has 0 saturated heterocycles. The molecule has 2 N–H and O–H groups in total. The molecular formula is C14H17NO3S. The van der Waals surface area contributed by atoms with E-state index in [1.807, 2.05) is 12.2 Å². The lowest BCUT2D eigenvalue weighted by Gasteiger charge is -2.03. The summed E-state index contributed by atoms with van der Waals surface area (Å²) in [6, 6.07) is 5.08. The third-order valence-corrected chi connectivity index (χ3v) is 3.15. The molecular weight excluding hydrogens is 262 g/mol. The maximum atomic E-state index is 11.4. The van der Waals surface area contributed by atoms with Gasteiger partial charge in [-0.05, 0) is 30.2 Å². The molecule has 0 bridgehead atoms. The predicted molar refractivity (Wildman–Crippen MR) is 79.0 cm³/mol. The zero-order valence-corrected chi connectivity index (χ0v) is 11.8. The molecule has 0 spiro atoms. The third-order valence-electron chi connectivity index (χ3n) is 2.30. The normalized spacial score (nSPS) is 10.6. The molecule has 102 valence electrons. The first-order chi connectivity index (χ1) is 9.02. The van der Waals surface area contributed by atoms with E-state index < -0.39 is 5.97 Å². The number of methoxy groups -OCH3 is 1. The van der Waals surface area contributed by atoms with Crippen LogP contribution in [0.15, 0.2) is 24.3 Å². The van der Waals surface area contributed by atoms with Gasteiger partial charge in [-0.3, -0.25) is 4.79 Å². The number of hydrogen-bond acceptors (Lipinski definition) is 5. The van der Waals surface area contributed by atoms with Crippen molar-refractivity contribution in [3.63, 3.8) is 0 Å². The van der Waals surface area contributed by atoms with Gasteiger partial charge in [-0.2, -0.15) is 0 Å². The zero-order valence-electron chi connectivity index (χ0n) is 11.0. The van der Waals surface area contributed by atoms with Crippen LogP contribution in [0.25, 0.3) is 6.08 Å². The minimum absolute atomic E-state index is 0.116. The highest BCUT2D eigenvalue weighted by Gasteiger charge is 2.06. The van der Waals surface area contributed by atoms with Gasteiger partial charge in [0.25, 0.3) is 0 Å². The fourth-order valence-corrected chi connectivity index (χ4v) is 2.04. The molecule has 19 heavy (non-hydrogen) atoms. The van der Waals surface area contributed by atoms with Crippen molar-refractivity contribution < 1.29 is 14.3 Å². The Hall–Kier alpha value is -1.75. The summed E-state index contributed by atoms with van der Waals surface area (Å²) in [4.78, 5) is 22.2. The number of thioether (sulfide) groups is 1. The van der Waals surface area contributed by atoms with Gasteiger partial charge in [0.2, 0.25) is 0 Å². The molecule has 0 fully saturated rings. The molecule has 1 rings (SSSR count). The predicted octanol–water partition coefficient (Wildman–Crippen LogP) is 2.74. The SMILES string of the molecule is COC(=O)c1cc(N)cc(C=CCCSC(C)=O)c1. The molecule has 1 aromatic carbocycles. The van der Waals surface area contributed by atoms with Gasteiger partial charge >= 0.3 is 5.97 Å². The van der Waals surface area contributed by atoms with Gasteiger partial charge in [-0.15, -0.1) is 0 Å². The van der Waals surface area contributed by atoms with E-state index in [9.17, 15) is 9.59 Å². The number of nitrogens with two attached hydrogens (primary N) is 1. The van der Waals surface area contributed by atoms with E-state index in [1.54, 1.807) is 25.1 Å². The summed E-state index contributed by atoms with van der Waals surface area (Å²) < 4.78 is 4.66. The van der Waals surface area contributed by atoms with Crippen molar-refractivity contribution in [1.29, 1.82) is 0 Å². The Morgan fingerprint density at radius 2 is 2.11 bits per heavy atom. The van der Waals surface area contributed by atoms with Gasteiger partial charge in [0, 0.05) is 18.4 Å². The smallest absolute Gasteiger partial charge is 0.337 e. The molecule has 0 saturated carbocycles. The number of carbonyl (C=O) groups is 2. The number of rotatable bonds is 5. The molecule has 5 heteroatoms. The summed E-state index contributed by atoms with van der Waals surface area (Å²) in [6.45, 7) is 1.55. The van der Waals surface area contributed by atoms with Gasteiger partial charge in [0.1, 0.15) is 0 Å². The summed E-state index contributed by atoms with van der Waals surface area (Å²) in [7, 11) is 1.33. The summed E-state index contributed by atoms with van der Waals surface area (Å²) in [6.07, 6.45) is 4.61. The Morgan fingerprint density at radius 1 is 1.37 bits per heavy atom.